The van der Waals surface area contributed by atoms with Gasteiger partial charge in [-0.1, -0.05) is 12.1 Å². The molecule has 0 bridgehead atoms. The van der Waals surface area contributed by atoms with E-state index in [1.165, 1.54) is 6.07 Å². The molecule has 0 aliphatic heterocycles. The molecule has 0 radical (unpaired) electrons. The van der Waals surface area contributed by atoms with Crippen molar-refractivity contribution in [2.45, 2.75) is 19.6 Å². The highest BCUT2D eigenvalue weighted by atomic mass is 127. The molecular weight excluding hydrogens is 426 g/mol. The number of hydrogen-bond donors (Lipinski definition) is 2. The lowest BCUT2D eigenvalue weighted by molar-refractivity contribution is 0.214. The number of para-hydroxylation sites is 1. The molecule has 24 heavy (non-hydrogen) atoms. The standard InChI is InChI=1S/C15H21FN6O.HI/c1-11(23-13-7-5-4-6-12(13)16)8-18-15(17-2)19-9-14-21-20-10-22(14)3;/h4-7,10-11H,8-9H2,1-3H3,(H2,17,18,19);1H. The summed E-state index contributed by atoms with van der Waals surface area (Å²) in [6.45, 7) is 2.83. The molecule has 0 spiro atoms. The summed E-state index contributed by atoms with van der Waals surface area (Å²) < 4.78 is 20.9. The van der Waals surface area contributed by atoms with Gasteiger partial charge in [-0.2, -0.15) is 0 Å². The van der Waals surface area contributed by atoms with E-state index in [4.69, 9.17) is 4.74 Å². The summed E-state index contributed by atoms with van der Waals surface area (Å²) in [5, 5.41) is 14.1. The third kappa shape index (κ3) is 5.95. The molecule has 1 heterocycles. The maximum absolute atomic E-state index is 13.5. The van der Waals surface area contributed by atoms with Crippen molar-refractivity contribution >= 4 is 29.9 Å². The number of ether oxygens (including phenoxy) is 1. The van der Waals surface area contributed by atoms with Crippen molar-refractivity contribution in [1.29, 1.82) is 0 Å². The number of aliphatic imine (C=N–C) groups is 1. The molecule has 9 heteroatoms. The second-order valence-corrected chi connectivity index (χ2v) is 5.02. The molecule has 0 amide bonds. The molecule has 1 atom stereocenters. The van der Waals surface area contributed by atoms with E-state index >= 15 is 0 Å². The van der Waals surface area contributed by atoms with Crippen LogP contribution < -0.4 is 15.4 Å². The molecule has 1 aromatic carbocycles. The topological polar surface area (TPSA) is 76.4 Å². The maximum atomic E-state index is 13.5. The fourth-order valence-electron chi connectivity index (χ4n) is 1.89. The molecule has 2 N–H and O–H groups in total. The number of benzene rings is 1. The van der Waals surface area contributed by atoms with E-state index in [9.17, 15) is 4.39 Å². The number of nitrogens with zero attached hydrogens (tertiary/aromatic N) is 4. The summed E-state index contributed by atoms with van der Waals surface area (Å²) in [4.78, 5) is 4.12. The lowest BCUT2D eigenvalue weighted by Crippen LogP contribution is -2.41. The quantitative estimate of drug-likeness (QED) is 0.400. The molecule has 2 aromatic rings. The Hall–Kier alpha value is -1.91. The van der Waals surface area contributed by atoms with Crippen LogP contribution in [0.3, 0.4) is 0 Å². The Morgan fingerprint density at radius 2 is 2.12 bits per heavy atom. The van der Waals surface area contributed by atoms with Gasteiger partial charge in [-0.3, -0.25) is 4.99 Å². The Bertz CT molecular complexity index is 663. The molecular formula is C15H22FIN6O. The van der Waals surface area contributed by atoms with Gasteiger partial charge in [0.05, 0.1) is 13.1 Å². The van der Waals surface area contributed by atoms with Crippen molar-refractivity contribution in [1.82, 2.24) is 25.4 Å². The zero-order valence-electron chi connectivity index (χ0n) is 13.9. The van der Waals surface area contributed by atoms with Crippen LogP contribution in [0.15, 0.2) is 35.6 Å². The normalized spacial score (nSPS) is 12.2. The van der Waals surface area contributed by atoms with E-state index < -0.39 is 0 Å². The fourth-order valence-corrected chi connectivity index (χ4v) is 1.89. The van der Waals surface area contributed by atoms with Gasteiger partial charge in [-0.05, 0) is 19.1 Å². The van der Waals surface area contributed by atoms with E-state index in [1.54, 1.807) is 31.6 Å². The summed E-state index contributed by atoms with van der Waals surface area (Å²) in [5.41, 5.74) is 0. The van der Waals surface area contributed by atoms with Crippen molar-refractivity contribution in [3.05, 3.63) is 42.2 Å². The van der Waals surface area contributed by atoms with E-state index in [2.05, 4.69) is 25.8 Å². The van der Waals surface area contributed by atoms with Crippen LogP contribution in [0.2, 0.25) is 0 Å². The first-order valence-electron chi connectivity index (χ1n) is 7.28. The lowest BCUT2D eigenvalue weighted by Gasteiger charge is -2.17. The SMILES string of the molecule is CN=C(NCc1nncn1C)NCC(C)Oc1ccccc1F.I. The zero-order chi connectivity index (χ0) is 16.7. The van der Waals surface area contributed by atoms with Crippen molar-refractivity contribution < 1.29 is 9.13 Å². The van der Waals surface area contributed by atoms with Gasteiger partial charge in [0.1, 0.15) is 12.4 Å². The van der Waals surface area contributed by atoms with Crippen molar-refractivity contribution in [3.8, 4) is 5.75 Å². The number of guanidine groups is 1. The molecule has 0 aliphatic carbocycles. The summed E-state index contributed by atoms with van der Waals surface area (Å²) in [5.74, 6) is 1.27. The molecule has 0 saturated carbocycles. The van der Waals surface area contributed by atoms with Crippen LogP contribution in [0, 0.1) is 5.82 Å². The Kier molecular flexibility index (Phi) is 8.44. The number of hydrogen-bond acceptors (Lipinski definition) is 4. The van der Waals surface area contributed by atoms with Gasteiger partial charge in [-0.15, -0.1) is 34.2 Å². The van der Waals surface area contributed by atoms with Crippen molar-refractivity contribution in [3.63, 3.8) is 0 Å². The van der Waals surface area contributed by atoms with E-state index in [0.717, 1.165) is 5.82 Å². The summed E-state index contributed by atoms with van der Waals surface area (Å²) in [6, 6.07) is 6.34. The first kappa shape index (κ1) is 20.1. The molecule has 7 nitrogen and oxygen atoms in total. The largest absolute Gasteiger partial charge is 0.486 e. The number of aromatic nitrogens is 3. The lowest BCUT2D eigenvalue weighted by atomic mass is 10.3. The van der Waals surface area contributed by atoms with Gasteiger partial charge < -0.3 is 19.9 Å². The molecule has 1 unspecified atom stereocenters. The highest BCUT2D eigenvalue weighted by Crippen LogP contribution is 2.16. The van der Waals surface area contributed by atoms with Gasteiger partial charge >= 0.3 is 0 Å². The minimum absolute atomic E-state index is 0. The number of rotatable bonds is 6. The molecule has 1 aromatic heterocycles. The van der Waals surface area contributed by atoms with Crippen LogP contribution in [0.5, 0.6) is 5.75 Å². The molecule has 0 fully saturated rings. The number of nitrogens with one attached hydrogen (secondary N) is 2. The van der Waals surface area contributed by atoms with Crippen LogP contribution in [0.1, 0.15) is 12.7 Å². The van der Waals surface area contributed by atoms with Crippen molar-refractivity contribution in [2.24, 2.45) is 12.0 Å². The molecule has 0 aliphatic rings. The monoisotopic (exact) mass is 448 g/mol. The maximum Gasteiger partial charge on any atom is 0.191 e. The highest BCUT2D eigenvalue weighted by Gasteiger charge is 2.09. The minimum Gasteiger partial charge on any atom is -0.486 e. The fraction of sp³-hybridized carbons (Fsp3) is 0.400. The van der Waals surface area contributed by atoms with Crippen LogP contribution >= 0.6 is 24.0 Å². The second-order valence-electron chi connectivity index (χ2n) is 5.02. The first-order valence-corrected chi connectivity index (χ1v) is 7.28. The van der Waals surface area contributed by atoms with E-state index in [0.29, 0.717) is 19.0 Å². The van der Waals surface area contributed by atoms with E-state index in [1.807, 2.05) is 18.5 Å². The predicted molar refractivity (Wildman–Crippen MR) is 101 cm³/mol. The Labute approximate surface area is 157 Å². The van der Waals surface area contributed by atoms with Crippen LogP contribution in [-0.4, -0.2) is 40.4 Å². The first-order chi connectivity index (χ1) is 11.1. The van der Waals surface area contributed by atoms with Crippen LogP contribution in [-0.2, 0) is 13.6 Å². The second kappa shape index (κ2) is 10.1. The average molecular weight is 448 g/mol. The Morgan fingerprint density at radius 1 is 1.38 bits per heavy atom. The smallest absolute Gasteiger partial charge is 0.191 e. The minimum atomic E-state index is -0.371. The van der Waals surface area contributed by atoms with Crippen LogP contribution in [0.25, 0.3) is 0 Å². The Morgan fingerprint density at radius 3 is 2.75 bits per heavy atom. The van der Waals surface area contributed by atoms with Gasteiger partial charge in [0, 0.05) is 14.1 Å². The van der Waals surface area contributed by atoms with Crippen molar-refractivity contribution in [2.75, 3.05) is 13.6 Å². The van der Waals surface area contributed by atoms with E-state index in [-0.39, 0.29) is 41.6 Å². The highest BCUT2D eigenvalue weighted by molar-refractivity contribution is 14.0. The summed E-state index contributed by atoms with van der Waals surface area (Å²) >= 11 is 0. The Balaban J connectivity index is 0.00000288. The third-order valence-electron chi connectivity index (χ3n) is 3.16. The van der Waals surface area contributed by atoms with Gasteiger partial charge in [-0.25, -0.2) is 4.39 Å². The van der Waals surface area contributed by atoms with Crippen LogP contribution in [0.4, 0.5) is 4.39 Å². The zero-order valence-corrected chi connectivity index (χ0v) is 16.2. The predicted octanol–water partition coefficient (Wildman–Crippen LogP) is 1.70. The van der Waals surface area contributed by atoms with Gasteiger partial charge in [0.2, 0.25) is 0 Å². The summed E-state index contributed by atoms with van der Waals surface area (Å²) in [6.07, 6.45) is 1.41. The third-order valence-corrected chi connectivity index (χ3v) is 3.16. The number of halogens is 2. The molecule has 0 saturated heterocycles. The number of aryl methyl sites for hydroxylation is 1. The van der Waals surface area contributed by atoms with Gasteiger partial charge in [0.15, 0.2) is 23.4 Å². The average Bonchev–Trinajstić information content (AvgIpc) is 2.95. The van der Waals surface area contributed by atoms with Gasteiger partial charge in [0.25, 0.3) is 0 Å². The molecule has 132 valence electrons. The summed E-state index contributed by atoms with van der Waals surface area (Å²) in [7, 11) is 3.55. The molecule has 2 rings (SSSR count).